The van der Waals surface area contributed by atoms with Crippen molar-refractivity contribution in [2.24, 2.45) is 28.9 Å². The van der Waals surface area contributed by atoms with Crippen LogP contribution in [-0.2, 0) is 15.0 Å². The number of nitrogens with two attached hydrogens (primary N) is 1. The number of benzene rings is 1. The fourth-order valence-electron chi connectivity index (χ4n) is 5.80. The SMILES string of the molecule is CCCCC(=O)NC[C@@H]1[C@H]2C=C[C@@H](C23CC3)[C@]1(C(N)=O)c1ccc(Br)cc1. The van der Waals surface area contributed by atoms with Gasteiger partial charge < -0.3 is 11.1 Å². The summed E-state index contributed by atoms with van der Waals surface area (Å²) in [6.45, 7) is 2.59. The zero-order valence-electron chi connectivity index (χ0n) is 15.7. The van der Waals surface area contributed by atoms with Gasteiger partial charge in [0.1, 0.15) is 0 Å². The van der Waals surface area contributed by atoms with Crippen molar-refractivity contribution in [2.75, 3.05) is 6.54 Å². The molecule has 4 nitrogen and oxygen atoms in total. The van der Waals surface area contributed by atoms with Crippen LogP contribution in [0.3, 0.4) is 0 Å². The highest BCUT2D eigenvalue weighted by Crippen LogP contribution is 2.75. The van der Waals surface area contributed by atoms with E-state index in [1.54, 1.807) is 0 Å². The Morgan fingerprint density at radius 3 is 2.52 bits per heavy atom. The molecule has 144 valence electrons. The number of halogens is 1. The lowest BCUT2D eigenvalue weighted by Gasteiger charge is -2.40. The molecule has 3 N–H and O–H groups in total. The molecule has 4 rings (SSSR count). The minimum absolute atomic E-state index is 0.0132. The summed E-state index contributed by atoms with van der Waals surface area (Å²) in [5, 5.41) is 3.11. The van der Waals surface area contributed by atoms with E-state index in [-0.39, 0.29) is 29.1 Å². The van der Waals surface area contributed by atoms with Gasteiger partial charge in [-0.25, -0.2) is 0 Å². The Hall–Kier alpha value is -1.62. The minimum atomic E-state index is -0.741. The maximum atomic E-state index is 13.0. The fourth-order valence-corrected chi connectivity index (χ4v) is 6.06. The Morgan fingerprint density at radius 1 is 1.22 bits per heavy atom. The second kappa shape index (κ2) is 6.77. The molecule has 0 aromatic heterocycles. The molecule has 2 amide bonds. The first-order valence-electron chi connectivity index (χ1n) is 9.97. The van der Waals surface area contributed by atoms with Gasteiger partial charge in [0.05, 0.1) is 5.41 Å². The van der Waals surface area contributed by atoms with Gasteiger partial charge in [-0.3, -0.25) is 9.59 Å². The minimum Gasteiger partial charge on any atom is -0.369 e. The Balaban J connectivity index is 1.70. The molecule has 4 atom stereocenters. The average molecular weight is 431 g/mol. The van der Waals surface area contributed by atoms with Crippen molar-refractivity contribution in [3.05, 3.63) is 46.5 Å². The summed E-state index contributed by atoms with van der Waals surface area (Å²) in [7, 11) is 0. The van der Waals surface area contributed by atoms with Crippen molar-refractivity contribution >= 4 is 27.7 Å². The highest BCUT2D eigenvalue weighted by molar-refractivity contribution is 9.10. The van der Waals surface area contributed by atoms with Gasteiger partial charge in [0.2, 0.25) is 11.8 Å². The van der Waals surface area contributed by atoms with Crippen molar-refractivity contribution in [2.45, 2.75) is 44.4 Å². The number of amides is 2. The van der Waals surface area contributed by atoms with Crippen molar-refractivity contribution < 1.29 is 9.59 Å². The standard InChI is InChI=1S/C22H27BrN2O2/c1-2-3-4-19(26)25-13-17-16-9-10-18(21(16)11-12-21)22(17,20(24)27)14-5-7-15(23)8-6-14/h5-10,16-18H,2-4,11-13H2,1H3,(H2,24,27)(H,25,26)/t16-,17-,18+,22+/m1/s1. The number of carbonyl (C=O) groups excluding carboxylic acids is 2. The van der Waals surface area contributed by atoms with E-state index in [1.165, 1.54) is 0 Å². The van der Waals surface area contributed by atoms with Crippen molar-refractivity contribution in [1.82, 2.24) is 5.32 Å². The summed E-state index contributed by atoms with van der Waals surface area (Å²) < 4.78 is 0.982. The monoisotopic (exact) mass is 430 g/mol. The molecule has 0 radical (unpaired) electrons. The Bertz CT molecular complexity index is 784. The Morgan fingerprint density at radius 2 is 1.93 bits per heavy atom. The molecule has 27 heavy (non-hydrogen) atoms. The smallest absolute Gasteiger partial charge is 0.229 e. The zero-order valence-corrected chi connectivity index (χ0v) is 17.3. The van der Waals surface area contributed by atoms with Crippen LogP contribution in [0.5, 0.6) is 0 Å². The summed E-state index contributed by atoms with van der Waals surface area (Å²) in [6, 6.07) is 8.00. The van der Waals surface area contributed by atoms with E-state index in [0.29, 0.717) is 18.9 Å². The highest BCUT2D eigenvalue weighted by Gasteiger charge is 2.74. The third kappa shape index (κ3) is 2.69. The van der Waals surface area contributed by atoms with Crippen molar-refractivity contribution in [3.8, 4) is 0 Å². The molecular formula is C22H27BrN2O2. The molecule has 5 heteroatoms. The normalized spacial score (nSPS) is 32.0. The van der Waals surface area contributed by atoms with Crippen LogP contribution in [0.15, 0.2) is 40.9 Å². The Labute approximate surface area is 169 Å². The van der Waals surface area contributed by atoms with Gasteiger partial charge in [0.25, 0.3) is 0 Å². The van der Waals surface area contributed by atoms with Gasteiger partial charge in [0, 0.05) is 29.3 Å². The summed E-state index contributed by atoms with van der Waals surface area (Å²) in [6.07, 6.45) is 9.21. The summed E-state index contributed by atoms with van der Waals surface area (Å²) in [4.78, 5) is 25.3. The van der Waals surface area contributed by atoms with E-state index in [2.05, 4.69) is 40.3 Å². The second-order valence-electron chi connectivity index (χ2n) is 8.38. The van der Waals surface area contributed by atoms with E-state index in [9.17, 15) is 9.59 Å². The van der Waals surface area contributed by atoms with Gasteiger partial charge in [-0.2, -0.15) is 0 Å². The van der Waals surface area contributed by atoms with Gasteiger partial charge in [-0.1, -0.05) is 53.6 Å². The van der Waals surface area contributed by atoms with Gasteiger partial charge >= 0.3 is 0 Å². The molecule has 0 aliphatic heterocycles. The maximum absolute atomic E-state index is 13.0. The number of rotatable bonds is 7. The van der Waals surface area contributed by atoms with Gasteiger partial charge in [0.15, 0.2) is 0 Å². The van der Waals surface area contributed by atoms with E-state index < -0.39 is 5.41 Å². The molecule has 3 aliphatic carbocycles. The molecule has 3 aliphatic rings. The lowest BCUT2D eigenvalue weighted by Crippen LogP contribution is -2.53. The van der Waals surface area contributed by atoms with E-state index in [4.69, 9.17) is 5.73 Å². The topological polar surface area (TPSA) is 72.2 Å². The third-order valence-electron chi connectivity index (χ3n) is 7.14. The lowest BCUT2D eigenvalue weighted by molar-refractivity contribution is -0.127. The van der Waals surface area contributed by atoms with Crippen LogP contribution in [0.4, 0.5) is 0 Å². The van der Waals surface area contributed by atoms with Gasteiger partial charge in [-0.15, -0.1) is 0 Å². The molecule has 2 saturated carbocycles. The lowest BCUT2D eigenvalue weighted by atomic mass is 9.63. The summed E-state index contributed by atoms with van der Waals surface area (Å²) >= 11 is 3.49. The number of allylic oxidation sites excluding steroid dienone is 2. The van der Waals surface area contributed by atoms with Gasteiger partial charge in [-0.05, 0) is 48.3 Å². The van der Waals surface area contributed by atoms with Crippen LogP contribution >= 0.6 is 15.9 Å². The molecular weight excluding hydrogens is 404 g/mol. The van der Waals surface area contributed by atoms with Crippen LogP contribution in [0, 0.1) is 23.2 Å². The number of unbranched alkanes of at least 4 members (excludes halogenated alkanes) is 1. The average Bonchev–Trinajstić information content (AvgIpc) is 3.32. The van der Waals surface area contributed by atoms with Crippen LogP contribution in [0.25, 0.3) is 0 Å². The Kier molecular flexibility index (Phi) is 4.69. The van der Waals surface area contributed by atoms with E-state index >= 15 is 0 Å². The molecule has 0 unspecified atom stereocenters. The predicted octanol–water partition coefficient (Wildman–Crippen LogP) is 3.69. The highest BCUT2D eigenvalue weighted by atomic mass is 79.9. The molecule has 2 bridgehead atoms. The number of hydrogen-bond donors (Lipinski definition) is 2. The molecule has 1 spiro atoms. The summed E-state index contributed by atoms with van der Waals surface area (Å²) in [5.74, 6) is 0.263. The molecule has 0 heterocycles. The second-order valence-corrected chi connectivity index (χ2v) is 9.29. The molecule has 1 aromatic carbocycles. The first kappa shape index (κ1) is 18.7. The third-order valence-corrected chi connectivity index (χ3v) is 7.67. The van der Waals surface area contributed by atoms with E-state index in [1.807, 2.05) is 24.3 Å². The van der Waals surface area contributed by atoms with Crippen LogP contribution in [0.1, 0.15) is 44.6 Å². The number of primary amides is 1. The molecule has 2 fully saturated rings. The fraction of sp³-hybridized carbons (Fsp3) is 0.545. The summed E-state index contributed by atoms with van der Waals surface area (Å²) in [5.41, 5.74) is 6.52. The largest absolute Gasteiger partial charge is 0.369 e. The zero-order chi connectivity index (χ0) is 19.2. The predicted molar refractivity (Wildman–Crippen MR) is 109 cm³/mol. The number of nitrogens with one attached hydrogen (secondary N) is 1. The molecule has 0 saturated heterocycles. The number of carbonyl (C=O) groups is 2. The molecule has 1 aromatic rings. The van der Waals surface area contributed by atoms with Crippen LogP contribution in [0.2, 0.25) is 0 Å². The quantitative estimate of drug-likeness (QED) is 0.647. The van der Waals surface area contributed by atoms with E-state index in [0.717, 1.165) is 35.7 Å². The number of hydrogen-bond acceptors (Lipinski definition) is 2. The first-order valence-corrected chi connectivity index (χ1v) is 10.8. The first-order chi connectivity index (χ1) is 13.0. The van der Waals surface area contributed by atoms with Crippen molar-refractivity contribution in [3.63, 3.8) is 0 Å². The van der Waals surface area contributed by atoms with Crippen LogP contribution < -0.4 is 11.1 Å². The van der Waals surface area contributed by atoms with Crippen molar-refractivity contribution in [1.29, 1.82) is 0 Å². The van der Waals surface area contributed by atoms with Crippen LogP contribution in [-0.4, -0.2) is 18.4 Å². The maximum Gasteiger partial charge on any atom is 0.229 e.